The first-order chi connectivity index (χ1) is 12.5. The average molecular weight is 395 g/mol. The Labute approximate surface area is 161 Å². The second kappa shape index (κ2) is 18.4. The average Bonchev–Trinajstić information content (AvgIpc) is 2.59. The highest BCUT2D eigenvalue weighted by molar-refractivity contribution is 7.52. The summed E-state index contributed by atoms with van der Waals surface area (Å²) in [5.74, 6) is -1.97. The molecule has 158 valence electrons. The molecule has 0 amide bonds. The van der Waals surface area contributed by atoms with E-state index in [0.717, 1.165) is 19.3 Å². The molecule has 0 aliphatic carbocycles. The molecule has 0 saturated heterocycles. The summed E-state index contributed by atoms with van der Waals surface area (Å²) in [4.78, 5) is 17.3. The van der Waals surface area contributed by atoms with Crippen molar-refractivity contribution >= 4 is 7.60 Å². The van der Waals surface area contributed by atoms with Crippen molar-refractivity contribution in [1.82, 2.24) is 0 Å². The van der Waals surface area contributed by atoms with Crippen LogP contribution >= 0.6 is 7.60 Å². The van der Waals surface area contributed by atoms with Crippen LogP contribution < -0.4 is 0 Å². The zero-order valence-electron chi connectivity index (χ0n) is 17.1. The normalized spacial score (nSPS) is 13.2. The maximum atomic E-state index is 13.1. The summed E-state index contributed by atoms with van der Waals surface area (Å²) in [6, 6.07) is 0. The molecule has 3 nitrogen and oxygen atoms in total. The molecule has 0 saturated carbocycles. The van der Waals surface area contributed by atoms with Crippen molar-refractivity contribution in [1.29, 1.82) is 0 Å². The minimum Gasteiger partial charge on any atom is -0.322 e. The van der Waals surface area contributed by atoms with E-state index in [4.69, 9.17) is 9.79 Å². The first kappa shape index (κ1) is 26.1. The molecule has 0 radical (unpaired) electrons. The lowest BCUT2D eigenvalue weighted by Crippen LogP contribution is -2.00. The van der Waals surface area contributed by atoms with Crippen LogP contribution in [0.3, 0.4) is 0 Å². The van der Waals surface area contributed by atoms with Gasteiger partial charge in [-0.05, 0) is 12.8 Å². The smallest absolute Gasteiger partial charge is 0.322 e. The van der Waals surface area contributed by atoms with E-state index < -0.39 is 13.5 Å². The molecule has 1 unspecified atom stereocenters. The third-order valence-electron chi connectivity index (χ3n) is 5.16. The first-order valence-corrected chi connectivity index (χ1v) is 12.9. The quantitative estimate of drug-likeness (QED) is 0.163. The van der Waals surface area contributed by atoms with Crippen LogP contribution in [0, 0.1) is 0 Å². The van der Waals surface area contributed by atoms with Crippen LogP contribution in [0.5, 0.6) is 0 Å². The van der Waals surface area contributed by atoms with E-state index in [1.165, 1.54) is 89.9 Å². The summed E-state index contributed by atoms with van der Waals surface area (Å²) in [5.41, 5.74) is 0. The lowest BCUT2D eigenvalue weighted by molar-refractivity contribution is 0.287. The van der Waals surface area contributed by atoms with Crippen LogP contribution in [-0.4, -0.2) is 15.7 Å². The Bertz CT molecular complexity index is 333. The molecule has 0 rings (SSSR count). The summed E-state index contributed by atoms with van der Waals surface area (Å²) >= 11 is 0. The Morgan fingerprint density at radius 2 is 0.885 bits per heavy atom. The zero-order valence-corrected chi connectivity index (χ0v) is 18.0. The molecule has 0 fully saturated rings. The Morgan fingerprint density at radius 1 is 0.615 bits per heavy atom. The fraction of sp³-hybridized carbons (Fsp3) is 1.00. The second-order valence-corrected chi connectivity index (χ2v) is 9.56. The molecule has 0 aromatic rings. The molecule has 5 heteroatoms. The Kier molecular flexibility index (Phi) is 18.5. The van der Waals surface area contributed by atoms with Crippen molar-refractivity contribution in [2.75, 3.05) is 0 Å². The van der Waals surface area contributed by atoms with E-state index in [2.05, 4.69) is 6.92 Å². The fourth-order valence-electron chi connectivity index (χ4n) is 3.38. The van der Waals surface area contributed by atoms with Crippen molar-refractivity contribution in [2.24, 2.45) is 0 Å². The number of hydrogen-bond acceptors (Lipinski definition) is 1. The molecule has 26 heavy (non-hydrogen) atoms. The molecule has 0 aliphatic heterocycles. The van der Waals surface area contributed by atoms with Crippen molar-refractivity contribution < 1.29 is 18.7 Å². The van der Waals surface area contributed by atoms with Crippen LogP contribution in [0.15, 0.2) is 0 Å². The van der Waals surface area contributed by atoms with Gasteiger partial charge in [0.15, 0.2) is 0 Å². The van der Waals surface area contributed by atoms with Gasteiger partial charge >= 0.3 is 7.60 Å². The number of rotatable bonds is 20. The SMILES string of the molecule is CCCCCCCCCCCCCCCCCCCCC(F)P(=O)(O)O. The van der Waals surface area contributed by atoms with Crippen molar-refractivity contribution in [3.8, 4) is 0 Å². The molecule has 0 spiro atoms. The van der Waals surface area contributed by atoms with Crippen LogP contribution in [0.1, 0.15) is 129 Å². The molecule has 0 aliphatic rings. The molecule has 0 heterocycles. The van der Waals surface area contributed by atoms with Crippen molar-refractivity contribution in [2.45, 2.75) is 135 Å². The highest BCUT2D eigenvalue weighted by Crippen LogP contribution is 2.44. The van der Waals surface area contributed by atoms with Gasteiger partial charge in [0.2, 0.25) is 5.91 Å². The van der Waals surface area contributed by atoms with E-state index in [9.17, 15) is 8.96 Å². The van der Waals surface area contributed by atoms with Gasteiger partial charge in [-0.15, -0.1) is 0 Å². The van der Waals surface area contributed by atoms with Gasteiger partial charge in [-0.3, -0.25) is 4.57 Å². The van der Waals surface area contributed by atoms with Crippen LogP contribution in [-0.2, 0) is 4.57 Å². The minimum absolute atomic E-state index is 0.0109. The van der Waals surface area contributed by atoms with Crippen molar-refractivity contribution in [3.63, 3.8) is 0 Å². The summed E-state index contributed by atoms with van der Waals surface area (Å²) in [6.45, 7) is 2.27. The number of hydrogen-bond donors (Lipinski definition) is 2. The Hall–Kier alpha value is 0.0800. The number of unbranched alkanes of at least 4 members (excludes halogenated alkanes) is 17. The minimum atomic E-state index is -4.52. The van der Waals surface area contributed by atoms with E-state index in [1.807, 2.05) is 0 Å². The lowest BCUT2D eigenvalue weighted by atomic mass is 10.0. The molecule has 2 N–H and O–H groups in total. The van der Waals surface area contributed by atoms with Gasteiger partial charge < -0.3 is 9.79 Å². The van der Waals surface area contributed by atoms with E-state index in [1.54, 1.807) is 0 Å². The monoisotopic (exact) mass is 394 g/mol. The number of alkyl halides is 1. The molecule has 0 aromatic carbocycles. The van der Waals surface area contributed by atoms with Gasteiger partial charge in [-0.2, -0.15) is 0 Å². The maximum Gasteiger partial charge on any atom is 0.359 e. The van der Waals surface area contributed by atoms with Crippen LogP contribution in [0.2, 0.25) is 0 Å². The van der Waals surface area contributed by atoms with Gasteiger partial charge in [0.25, 0.3) is 0 Å². The van der Waals surface area contributed by atoms with Gasteiger partial charge in [0.1, 0.15) is 0 Å². The Balaban J connectivity index is 3.10. The fourth-order valence-corrected chi connectivity index (χ4v) is 3.90. The van der Waals surface area contributed by atoms with Gasteiger partial charge in [-0.25, -0.2) is 4.39 Å². The predicted octanol–water partition coefficient (Wildman–Crippen LogP) is 7.89. The third kappa shape index (κ3) is 18.9. The van der Waals surface area contributed by atoms with Gasteiger partial charge in [0, 0.05) is 0 Å². The summed E-state index contributed by atoms with van der Waals surface area (Å²) < 4.78 is 23.7. The van der Waals surface area contributed by atoms with Gasteiger partial charge in [-0.1, -0.05) is 116 Å². The summed E-state index contributed by atoms with van der Waals surface area (Å²) in [6.07, 6.45) is 22.8. The summed E-state index contributed by atoms with van der Waals surface area (Å²) in [7, 11) is -4.52. The second-order valence-electron chi connectivity index (χ2n) is 7.82. The topological polar surface area (TPSA) is 57.5 Å². The Morgan fingerprint density at radius 3 is 1.15 bits per heavy atom. The molecule has 0 bridgehead atoms. The largest absolute Gasteiger partial charge is 0.359 e. The highest BCUT2D eigenvalue weighted by Gasteiger charge is 2.27. The van der Waals surface area contributed by atoms with E-state index in [-0.39, 0.29) is 6.42 Å². The molecular formula is C21H44FO3P. The molecule has 1 atom stereocenters. The maximum absolute atomic E-state index is 13.1. The van der Waals surface area contributed by atoms with Gasteiger partial charge in [0.05, 0.1) is 0 Å². The van der Waals surface area contributed by atoms with Crippen LogP contribution in [0.4, 0.5) is 4.39 Å². The lowest BCUT2D eigenvalue weighted by Gasteiger charge is -2.09. The molecule has 0 aromatic heterocycles. The molecular weight excluding hydrogens is 350 g/mol. The summed E-state index contributed by atoms with van der Waals surface area (Å²) in [5, 5.41) is 0. The van der Waals surface area contributed by atoms with E-state index in [0.29, 0.717) is 6.42 Å². The standard InChI is InChI=1S/C21H44FO3P/c1-2-3-4-5-6-7-8-9-10-11-12-13-14-15-16-17-18-19-20-21(22)26(23,24)25/h21H,2-20H2,1H3,(H2,23,24,25). The van der Waals surface area contributed by atoms with Crippen molar-refractivity contribution in [3.05, 3.63) is 0 Å². The number of halogens is 1. The van der Waals surface area contributed by atoms with Crippen LogP contribution in [0.25, 0.3) is 0 Å². The highest BCUT2D eigenvalue weighted by atomic mass is 31.2. The third-order valence-corrected chi connectivity index (χ3v) is 6.15. The van der Waals surface area contributed by atoms with E-state index >= 15 is 0 Å². The first-order valence-electron chi connectivity index (χ1n) is 11.2. The zero-order chi connectivity index (χ0) is 19.5. The predicted molar refractivity (Wildman–Crippen MR) is 110 cm³/mol.